The molecule has 0 unspecified atom stereocenters. The van der Waals surface area contributed by atoms with Crippen molar-refractivity contribution < 1.29 is 4.74 Å². The lowest BCUT2D eigenvalue weighted by atomic mass is 10.4. The van der Waals surface area contributed by atoms with Crippen LogP contribution >= 0.6 is 11.3 Å². The summed E-state index contributed by atoms with van der Waals surface area (Å²) in [6, 6.07) is 0. The van der Waals surface area contributed by atoms with Gasteiger partial charge in [0.15, 0.2) is 5.82 Å². The van der Waals surface area contributed by atoms with E-state index in [-0.39, 0.29) is 4.74 Å². The van der Waals surface area contributed by atoms with Crippen LogP contribution in [0, 0.1) is 6.92 Å². The number of aryl methyl sites for hydroxylation is 1. The lowest BCUT2D eigenvalue weighted by Crippen LogP contribution is -2.39. The topological polar surface area (TPSA) is 42.4 Å². The van der Waals surface area contributed by atoms with E-state index in [2.05, 4.69) is 4.98 Å². The predicted molar refractivity (Wildman–Crippen MR) is 56.2 cm³/mol. The van der Waals surface area contributed by atoms with E-state index in [1.54, 1.807) is 5.38 Å². The molecule has 14 heavy (non-hydrogen) atoms. The number of aromatic nitrogens is 1. The summed E-state index contributed by atoms with van der Waals surface area (Å²) in [4.78, 5) is 17.8. The lowest BCUT2D eigenvalue weighted by molar-refractivity contribution is 0.122. The molecular weight excluding hydrogens is 200 g/mol. The van der Waals surface area contributed by atoms with Crippen LogP contribution in [0.1, 0.15) is 5.69 Å². The van der Waals surface area contributed by atoms with Crippen molar-refractivity contribution in [1.82, 2.24) is 4.98 Å². The number of anilines is 1. The van der Waals surface area contributed by atoms with Crippen molar-refractivity contribution in [2.75, 3.05) is 31.2 Å². The van der Waals surface area contributed by atoms with E-state index in [0.717, 1.165) is 18.8 Å². The zero-order valence-corrected chi connectivity index (χ0v) is 8.84. The minimum absolute atomic E-state index is 0.0394. The highest BCUT2D eigenvalue weighted by atomic mass is 32.1. The molecule has 1 fully saturated rings. The molecule has 0 amide bonds. The summed E-state index contributed by atoms with van der Waals surface area (Å²) in [5.41, 5.74) is 0.899. The number of hydrogen-bond acceptors (Lipinski definition) is 5. The molecule has 0 saturated carbocycles. The van der Waals surface area contributed by atoms with E-state index in [1.165, 1.54) is 11.3 Å². The molecule has 0 radical (unpaired) electrons. The van der Waals surface area contributed by atoms with Crippen LogP contribution in [0.3, 0.4) is 0 Å². The van der Waals surface area contributed by atoms with Crippen molar-refractivity contribution in [2.24, 2.45) is 0 Å². The first kappa shape index (κ1) is 9.61. The SMILES string of the molecule is Cc1csc(=O)c(N2CCOCC2)n1. The van der Waals surface area contributed by atoms with Gasteiger partial charge in [0.1, 0.15) is 0 Å². The first-order valence-corrected chi connectivity index (χ1v) is 5.44. The number of ether oxygens (including phenoxy) is 1. The predicted octanol–water partition coefficient (Wildman–Crippen LogP) is 0.648. The van der Waals surface area contributed by atoms with Crippen molar-refractivity contribution in [1.29, 1.82) is 0 Å². The molecule has 0 atom stereocenters. The molecule has 76 valence electrons. The normalized spacial score (nSPS) is 17.1. The van der Waals surface area contributed by atoms with Crippen LogP contribution in [0.15, 0.2) is 10.2 Å². The van der Waals surface area contributed by atoms with E-state index < -0.39 is 0 Å². The number of hydrogen-bond donors (Lipinski definition) is 0. The molecule has 2 heterocycles. The maximum atomic E-state index is 11.5. The number of rotatable bonds is 1. The van der Waals surface area contributed by atoms with Gasteiger partial charge in [0.05, 0.1) is 13.2 Å². The Balaban J connectivity index is 2.29. The fourth-order valence-electron chi connectivity index (χ4n) is 1.41. The first-order chi connectivity index (χ1) is 6.77. The van der Waals surface area contributed by atoms with Crippen molar-refractivity contribution >= 4 is 17.2 Å². The molecule has 4 nitrogen and oxygen atoms in total. The molecular formula is C9H12N2O2S. The van der Waals surface area contributed by atoms with Crippen LogP contribution in [0.2, 0.25) is 0 Å². The van der Waals surface area contributed by atoms with Gasteiger partial charge in [0.25, 0.3) is 4.74 Å². The van der Waals surface area contributed by atoms with Gasteiger partial charge >= 0.3 is 0 Å². The summed E-state index contributed by atoms with van der Waals surface area (Å²) in [7, 11) is 0. The lowest BCUT2D eigenvalue weighted by Gasteiger charge is -2.26. The molecule has 1 aliphatic heterocycles. The molecule has 0 aromatic carbocycles. The largest absolute Gasteiger partial charge is 0.378 e. The summed E-state index contributed by atoms with van der Waals surface area (Å²) in [6.07, 6.45) is 0. The molecule has 0 aliphatic carbocycles. The Morgan fingerprint density at radius 2 is 2.21 bits per heavy atom. The summed E-state index contributed by atoms with van der Waals surface area (Å²) < 4.78 is 5.26. The van der Waals surface area contributed by atoms with Gasteiger partial charge in [0.2, 0.25) is 0 Å². The molecule has 2 rings (SSSR count). The summed E-state index contributed by atoms with van der Waals surface area (Å²) in [6.45, 7) is 4.79. The van der Waals surface area contributed by atoms with E-state index >= 15 is 0 Å². The maximum Gasteiger partial charge on any atom is 0.274 e. The quantitative estimate of drug-likeness (QED) is 0.685. The Morgan fingerprint density at radius 3 is 2.93 bits per heavy atom. The molecule has 1 saturated heterocycles. The zero-order chi connectivity index (χ0) is 9.97. The van der Waals surface area contributed by atoms with E-state index in [9.17, 15) is 4.79 Å². The Labute approximate surface area is 86.2 Å². The molecule has 0 spiro atoms. The molecule has 5 heteroatoms. The third kappa shape index (κ3) is 1.93. The van der Waals surface area contributed by atoms with E-state index in [1.807, 2.05) is 11.8 Å². The molecule has 0 bridgehead atoms. The highest BCUT2D eigenvalue weighted by molar-refractivity contribution is 7.07. The summed E-state index contributed by atoms with van der Waals surface area (Å²) >= 11 is 1.21. The smallest absolute Gasteiger partial charge is 0.274 e. The molecule has 0 N–H and O–H groups in total. The first-order valence-electron chi connectivity index (χ1n) is 4.56. The van der Waals surface area contributed by atoms with Crippen LogP contribution < -0.4 is 9.64 Å². The minimum Gasteiger partial charge on any atom is -0.378 e. The second-order valence-electron chi connectivity index (χ2n) is 3.20. The van der Waals surface area contributed by atoms with Crippen LogP contribution in [0.4, 0.5) is 5.82 Å². The van der Waals surface area contributed by atoms with Crippen LogP contribution in [0.5, 0.6) is 0 Å². The highest BCUT2D eigenvalue weighted by Gasteiger charge is 2.15. The Morgan fingerprint density at radius 1 is 1.50 bits per heavy atom. The second kappa shape index (κ2) is 4.06. The number of morpholine rings is 1. The van der Waals surface area contributed by atoms with Gasteiger partial charge in [-0.1, -0.05) is 11.3 Å². The van der Waals surface area contributed by atoms with Gasteiger partial charge in [-0.3, -0.25) is 4.79 Å². The van der Waals surface area contributed by atoms with Gasteiger partial charge in [-0.2, -0.15) is 0 Å². The summed E-state index contributed by atoms with van der Waals surface area (Å²) in [5, 5.41) is 1.78. The van der Waals surface area contributed by atoms with Gasteiger partial charge in [-0.15, -0.1) is 0 Å². The fraction of sp³-hybridized carbons (Fsp3) is 0.556. The third-order valence-corrected chi connectivity index (χ3v) is 2.97. The Bertz CT molecular complexity index is 371. The Hall–Kier alpha value is -0.940. The summed E-state index contributed by atoms with van der Waals surface area (Å²) in [5.74, 6) is 0.582. The highest BCUT2D eigenvalue weighted by Crippen LogP contribution is 2.09. The molecule has 1 aliphatic rings. The Kier molecular flexibility index (Phi) is 2.79. The average Bonchev–Trinajstić information content (AvgIpc) is 2.23. The van der Waals surface area contributed by atoms with Gasteiger partial charge in [-0.05, 0) is 6.92 Å². The van der Waals surface area contributed by atoms with Gasteiger partial charge in [-0.25, -0.2) is 4.98 Å². The number of nitrogens with zero attached hydrogens (tertiary/aromatic N) is 2. The monoisotopic (exact) mass is 212 g/mol. The van der Waals surface area contributed by atoms with Gasteiger partial charge < -0.3 is 9.64 Å². The van der Waals surface area contributed by atoms with Crippen LogP contribution in [-0.4, -0.2) is 31.3 Å². The minimum atomic E-state index is 0.0394. The van der Waals surface area contributed by atoms with Crippen molar-refractivity contribution in [3.05, 3.63) is 20.6 Å². The standard InChI is InChI=1S/C9H12N2O2S/c1-7-6-14-9(12)8(10-7)11-2-4-13-5-3-11/h6H,2-5H2,1H3. The third-order valence-electron chi connectivity index (χ3n) is 2.11. The van der Waals surface area contributed by atoms with E-state index in [0.29, 0.717) is 19.0 Å². The molecule has 1 aromatic heterocycles. The fourth-order valence-corrected chi connectivity index (χ4v) is 2.02. The second-order valence-corrected chi connectivity index (χ2v) is 4.04. The van der Waals surface area contributed by atoms with Crippen LogP contribution in [0.25, 0.3) is 0 Å². The maximum absolute atomic E-state index is 11.5. The van der Waals surface area contributed by atoms with Crippen LogP contribution in [-0.2, 0) is 4.74 Å². The van der Waals surface area contributed by atoms with Gasteiger partial charge in [0, 0.05) is 24.2 Å². The van der Waals surface area contributed by atoms with Crippen molar-refractivity contribution in [3.8, 4) is 0 Å². The average molecular weight is 212 g/mol. The van der Waals surface area contributed by atoms with E-state index in [4.69, 9.17) is 4.74 Å². The molecule has 1 aromatic rings. The zero-order valence-electron chi connectivity index (χ0n) is 8.02. The van der Waals surface area contributed by atoms with Crippen molar-refractivity contribution in [3.63, 3.8) is 0 Å². The van der Waals surface area contributed by atoms with Crippen molar-refractivity contribution in [2.45, 2.75) is 6.92 Å².